The zero-order valence-electron chi connectivity index (χ0n) is 15.4. The molecule has 0 aliphatic rings. The number of carbonyl (C=O) groups is 1. The quantitative estimate of drug-likeness (QED) is 0.602. The summed E-state index contributed by atoms with van der Waals surface area (Å²) in [5.74, 6) is 0.501. The van der Waals surface area contributed by atoms with Crippen LogP contribution in [0.4, 0.5) is 0 Å². The number of rotatable bonds is 8. The summed E-state index contributed by atoms with van der Waals surface area (Å²) in [5, 5.41) is 12.0. The minimum Gasteiger partial charge on any atom is -0.471 e. The fourth-order valence-corrected chi connectivity index (χ4v) is 2.67. The molecule has 3 aromatic rings. The number of hydrogen-bond donors (Lipinski definition) is 1. The van der Waals surface area contributed by atoms with Crippen LogP contribution in [0.1, 0.15) is 28.2 Å². The maximum atomic E-state index is 12.2. The van der Waals surface area contributed by atoms with Crippen molar-refractivity contribution < 1.29 is 9.53 Å². The molecule has 2 heterocycles. The first-order chi connectivity index (χ1) is 13.0. The van der Waals surface area contributed by atoms with Crippen LogP contribution in [-0.4, -0.2) is 32.0 Å². The lowest BCUT2D eigenvalue weighted by Crippen LogP contribution is -2.26. The van der Waals surface area contributed by atoms with Crippen molar-refractivity contribution in [1.29, 1.82) is 0 Å². The van der Waals surface area contributed by atoms with Crippen LogP contribution in [0.5, 0.6) is 5.75 Å². The van der Waals surface area contributed by atoms with E-state index < -0.39 is 0 Å². The van der Waals surface area contributed by atoms with Crippen molar-refractivity contribution in [2.75, 3.05) is 6.54 Å². The zero-order valence-corrected chi connectivity index (χ0v) is 16.1. The highest BCUT2D eigenvalue weighted by Crippen LogP contribution is 2.21. The van der Waals surface area contributed by atoms with Gasteiger partial charge in [0, 0.05) is 36.2 Å². The van der Waals surface area contributed by atoms with Crippen LogP contribution in [0.3, 0.4) is 0 Å². The van der Waals surface area contributed by atoms with Crippen LogP contribution < -0.4 is 10.1 Å². The first-order valence-electron chi connectivity index (χ1n) is 8.72. The van der Waals surface area contributed by atoms with Crippen LogP contribution in [0.15, 0.2) is 42.7 Å². The molecule has 142 valence electrons. The Morgan fingerprint density at radius 3 is 2.85 bits per heavy atom. The SMILES string of the molecule is Cc1cc(OCn2ccc(C(=O)NCCCn3nccc3C)n2)ccc1Cl. The third-order valence-corrected chi connectivity index (χ3v) is 4.55. The van der Waals surface area contributed by atoms with E-state index in [9.17, 15) is 4.79 Å². The number of carbonyl (C=O) groups excluding carboxylic acids is 1. The molecule has 0 saturated carbocycles. The molecule has 0 radical (unpaired) electrons. The molecule has 7 nitrogen and oxygen atoms in total. The van der Waals surface area contributed by atoms with E-state index in [0.717, 1.165) is 24.2 Å². The molecule has 2 aromatic heterocycles. The predicted octanol–water partition coefficient (Wildman–Crippen LogP) is 3.21. The van der Waals surface area contributed by atoms with E-state index >= 15 is 0 Å². The van der Waals surface area contributed by atoms with Crippen molar-refractivity contribution in [2.24, 2.45) is 0 Å². The summed E-state index contributed by atoms with van der Waals surface area (Å²) >= 11 is 6.00. The average molecular weight is 388 g/mol. The summed E-state index contributed by atoms with van der Waals surface area (Å²) < 4.78 is 9.16. The van der Waals surface area contributed by atoms with E-state index in [1.165, 1.54) is 0 Å². The Morgan fingerprint density at radius 2 is 2.11 bits per heavy atom. The molecule has 0 fully saturated rings. The summed E-state index contributed by atoms with van der Waals surface area (Å²) in [6.07, 6.45) is 4.28. The Hall–Kier alpha value is -2.80. The number of aromatic nitrogens is 4. The van der Waals surface area contributed by atoms with Crippen LogP contribution in [0.25, 0.3) is 0 Å². The van der Waals surface area contributed by atoms with E-state index in [1.54, 1.807) is 35.3 Å². The van der Waals surface area contributed by atoms with Crippen molar-refractivity contribution >= 4 is 17.5 Å². The normalized spacial score (nSPS) is 10.8. The van der Waals surface area contributed by atoms with Gasteiger partial charge in [-0.1, -0.05) is 11.6 Å². The second-order valence-electron chi connectivity index (χ2n) is 6.23. The monoisotopic (exact) mass is 387 g/mol. The van der Waals surface area contributed by atoms with Gasteiger partial charge in [0.05, 0.1) is 0 Å². The van der Waals surface area contributed by atoms with Gasteiger partial charge in [-0.25, -0.2) is 4.68 Å². The number of nitrogens with one attached hydrogen (secondary N) is 1. The van der Waals surface area contributed by atoms with Crippen molar-refractivity contribution in [1.82, 2.24) is 24.9 Å². The lowest BCUT2D eigenvalue weighted by molar-refractivity contribution is 0.0945. The van der Waals surface area contributed by atoms with Gasteiger partial charge in [0.15, 0.2) is 6.73 Å². The molecule has 0 unspecified atom stereocenters. The van der Waals surface area contributed by atoms with Gasteiger partial charge in [0.1, 0.15) is 11.4 Å². The number of amides is 1. The lowest BCUT2D eigenvalue weighted by atomic mass is 10.2. The van der Waals surface area contributed by atoms with Gasteiger partial charge in [0.25, 0.3) is 5.91 Å². The molecule has 0 atom stereocenters. The Bertz CT molecular complexity index is 918. The minimum absolute atomic E-state index is 0.201. The molecule has 3 rings (SSSR count). The standard InChI is InChI=1S/C19H22ClN5O2/c1-14-12-16(4-5-17(14)20)27-13-24-11-7-18(23-24)19(26)21-8-3-10-25-15(2)6-9-22-25/h4-7,9,11-12H,3,8,10,13H2,1-2H3,(H,21,26). The Morgan fingerprint density at radius 1 is 1.26 bits per heavy atom. The van der Waals surface area contributed by atoms with Gasteiger partial charge in [-0.2, -0.15) is 10.2 Å². The number of nitrogens with zero attached hydrogens (tertiary/aromatic N) is 4. The number of hydrogen-bond acceptors (Lipinski definition) is 4. The molecule has 0 aliphatic carbocycles. The highest BCUT2D eigenvalue weighted by molar-refractivity contribution is 6.31. The Balaban J connectivity index is 1.44. The van der Waals surface area contributed by atoms with Gasteiger partial charge < -0.3 is 10.1 Å². The molecule has 0 saturated heterocycles. The molecule has 0 spiro atoms. The maximum Gasteiger partial charge on any atom is 0.271 e. The van der Waals surface area contributed by atoms with E-state index in [0.29, 0.717) is 23.0 Å². The van der Waals surface area contributed by atoms with E-state index in [2.05, 4.69) is 15.5 Å². The number of ether oxygens (including phenoxy) is 1. The highest BCUT2D eigenvalue weighted by Gasteiger charge is 2.09. The summed E-state index contributed by atoms with van der Waals surface area (Å²) in [6, 6.07) is 9.08. The number of halogens is 1. The van der Waals surface area contributed by atoms with Gasteiger partial charge in [-0.15, -0.1) is 0 Å². The molecular weight excluding hydrogens is 366 g/mol. The van der Waals surface area contributed by atoms with Gasteiger partial charge >= 0.3 is 0 Å². The van der Waals surface area contributed by atoms with Crippen molar-refractivity contribution in [3.63, 3.8) is 0 Å². The van der Waals surface area contributed by atoms with Crippen LogP contribution in [-0.2, 0) is 13.3 Å². The molecule has 1 amide bonds. The van der Waals surface area contributed by atoms with Crippen LogP contribution in [0, 0.1) is 13.8 Å². The Labute approximate surface area is 162 Å². The van der Waals surface area contributed by atoms with E-state index in [1.807, 2.05) is 30.7 Å². The van der Waals surface area contributed by atoms with Crippen molar-refractivity contribution in [2.45, 2.75) is 33.5 Å². The van der Waals surface area contributed by atoms with Crippen molar-refractivity contribution in [3.05, 3.63) is 64.7 Å². The summed E-state index contributed by atoms with van der Waals surface area (Å²) in [7, 11) is 0. The number of benzene rings is 1. The Kier molecular flexibility index (Phi) is 6.13. The molecule has 0 bridgehead atoms. The van der Waals surface area contributed by atoms with Gasteiger partial charge in [-0.05, 0) is 56.2 Å². The van der Waals surface area contributed by atoms with Gasteiger partial charge in [0.2, 0.25) is 0 Å². The third kappa shape index (κ3) is 5.10. The van der Waals surface area contributed by atoms with Crippen molar-refractivity contribution in [3.8, 4) is 5.75 Å². The largest absolute Gasteiger partial charge is 0.471 e. The summed E-state index contributed by atoms with van der Waals surface area (Å²) in [4.78, 5) is 12.2. The molecule has 8 heteroatoms. The highest BCUT2D eigenvalue weighted by atomic mass is 35.5. The zero-order chi connectivity index (χ0) is 19.2. The number of aryl methyl sites for hydroxylation is 3. The second kappa shape index (κ2) is 8.73. The summed E-state index contributed by atoms with van der Waals surface area (Å²) in [6.45, 7) is 5.46. The summed E-state index contributed by atoms with van der Waals surface area (Å²) in [5.41, 5.74) is 2.41. The lowest BCUT2D eigenvalue weighted by Gasteiger charge is -2.08. The molecule has 1 aromatic carbocycles. The second-order valence-corrected chi connectivity index (χ2v) is 6.64. The molecule has 1 N–H and O–H groups in total. The van der Waals surface area contributed by atoms with E-state index in [4.69, 9.17) is 16.3 Å². The third-order valence-electron chi connectivity index (χ3n) is 4.13. The maximum absolute atomic E-state index is 12.2. The molecule has 0 aliphatic heterocycles. The molecule has 27 heavy (non-hydrogen) atoms. The molecular formula is C19H22ClN5O2. The minimum atomic E-state index is -0.201. The first kappa shape index (κ1) is 19.0. The predicted molar refractivity (Wildman–Crippen MR) is 103 cm³/mol. The fourth-order valence-electron chi connectivity index (χ4n) is 2.56. The van der Waals surface area contributed by atoms with Crippen LogP contribution in [0.2, 0.25) is 5.02 Å². The fraction of sp³-hybridized carbons (Fsp3) is 0.316. The van der Waals surface area contributed by atoms with Gasteiger partial charge in [-0.3, -0.25) is 9.48 Å². The first-order valence-corrected chi connectivity index (χ1v) is 9.10. The smallest absolute Gasteiger partial charge is 0.271 e. The topological polar surface area (TPSA) is 74.0 Å². The van der Waals surface area contributed by atoms with E-state index in [-0.39, 0.29) is 12.6 Å². The average Bonchev–Trinajstić information content (AvgIpc) is 3.29. The van der Waals surface area contributed by atoms with Crippen LogP contribution >= 0.6 is 11.6 Å².